The van der Waals surface area contributed by atoms with Gasteiger partial charge in [-0.05, 0) is 43.8 Å². The zero-order valence-electron chi connectivity index (χ0n) is 22.0. The molecule has 1 saturated heterocycles. The lowest BCUT2D eigenvalue weighted by Gasteiger charge is -2.28. The number of carbonyl (C=O) groups is 2. The van der Waals surface area contributed by atoms with Crippen molar-refractivity contribution in [2.45, 2.75) is 24.6 Å². The molecule has 1 aliphatic rings. The molecule has 212 valence electrons. The molecule has 3 rings (SSSR count). The van der Waals surface area contributed by atoms with Crippen molar-refractivity contribution in [2.75, 3.05) is 46.2 Å². The number of rotatable bonds is 10. The number of aliphatic imine (C=N–C) groups is 1. The van der Waals surface area contributed by atoms with Gasteiger partial charge in [-0.25, -0.2) is 22.7 Å². The highest BCUT2D eigenvalue weighted by molar-refractivity contribution is 7.92. The van der Waals surface area contributed by atoms with Gasteiger partial charge in [0.05, 0.1) is 24.5 Å². The molecule has 2 aromatic carbocycles. The molecule has 1 fully saturated rings. The third kappa shape index (κ3) is 6.67. The van der Waals surface area contributed by atoms with E-state index in [0.29, 0.717) is 19.8 Å². The molecule has 0 saturated carbocycles. The van der Waals surface area contributed by atoms with E-state index in [2.05, 4.69) is 16.6 Å². The maximum atomic E-state index is 15.2. The summed E-state index contributed by atoms with van der Waals surface area (Å²) in [5.41, 5.74) is 1.79. The number of hydrogen-bond donors (Lipinski definition) is 2. The molecule has 0 aliphatic carbocycles. The number of sulfone groups is 1. The summed E-state index contributed by atoms with van der Waals surface area (Å²) >= 11 is 0. The SMILES string of the molecule is C=Nc1cc(-c2ccc(CN3CCOCC3)cc2F)c(F)cc1C(=O)N(C)CCC(C)(C(=O)NO)S(C)(=O)=O. The average molecular weight is 567 g/mol. The molecule has 13 heteroatoms. The topological polar surface area (TPSA) is 129 Å². The minimum atomic E-state index is -3.98. The van der Waals surface area contributed by atoms with Crippen molar-refractivity contribution in [3.05, 3.63) is 53.1 Å². The highest BCUT2D eigenvalue weighted by Gasteiger charge is 2.43. The van der Waals surface area contributed by atoms with E-state index in [-0.39, 0.29) is 35.3 Å². The summed E-state index contributed by atoms with van der Waals surface area (Å²) in [5.74, 6) is -3.36. The highest BCUT2D eigenvalue weighted by Crippen LogP contribution is 2.33. The minimum absolute atomic E-state index is 0.000908. The maximum absolute atomic E-state index is 15.2. The number of hydrogen-bond acceptors (Lipinski definition) is 8. The molecular weight excluding hydrogens is 534 g/mol. The lowest BCUT2D eigenvalue weighted by Crippen LogP contribution is -2.50. The number of halogens is 2. The molecule has 1 aliphatic heterocycles. The Bertz CT molecular complexity index is 1360. The van der Waals surface area contributed by atoms with Gasteiger partial charge in [-0.3, -0.25) is 24.7 Å². The number of nitrogens with one attached hydrogen (secondary N) is 1. The minimum Gasteiger partial charge on any atom is -0.379 e. The standard InChI is InChI=1S/C26H32F2N4O6S/c1-26(25(34)30-35,39(4,36)37)7-8-31(3)24(33)20-14-22(28)19(15-23(20)29-2)18-6-5-17(13-21(18)27)16-32-9-11-38-12-10-32/h5-6,13-15,35H,2,7-12,16H2,1,3-4H3,(H,30,34). The Morgan fingerprint density at radius 1 is 1.18 bits per heavy atom. The van der Waals surface area contributed by atoms with E-state index in [1.807, 2.05) is 0 Å². The second-order valence-corrected chi connectivity index (χ2v) is 12.1. The van der Waals surface area contributed by atoms with E-state index in [1.165, 1.54) is 30.7 Å². The molecule has 10 nitrogen and oxygen atoms in total. The Morgan fingerprint density at radius 2 is 1.82 bits per heavy atom. The van der Waals surface area contributed by atoms with Crippen molar-refractivity contribution in [1.29, 1.82) is 0 Å². The number of benzene rings is 2. The van der Waals surface area contributed by atoms with Gasteiger partial charge in [0.25, 0.3) is 11.8 Å². The van der Waals surface area contributed by atoms with Crippen molar-refractivity contribution in [1.82, 2.24) is 15.3 Å². The predicted octanol–water partition coefficient (Wildman–Crippen LogP) is 2.57. The first-order valence-electron chi connectivity index (χ1n) is 12.1. The van der Waals surface area contributed by atoms with Crippen LogP contribution in [-0.2, 0) is 25.9 Å². The van der Waals surface area contributed by atoms with Crippen molar-refractivity contribution in [2.24, 2.45) is 4.99 Å². The van der Waals surface area contributed by atoms with Gasteiger partial charge in [-0.1, -0.05) is 12.1 Å². The van der Waals surface area contributed by atoms with Crippen LogP contribution in [0.15, 0.2) is 35.3 Å². The van der Waals surface area contributed by atoms with Gasteiger partial charge in [0.1, 0.15) is 11.6 Å². The van der Waals surface area contributed by atoms with Crippen LogP contribution in [0.1, 0.15) is 29.3 Å². The Hall–Kier alpha value is -3.26. The second kappa shape index (κ2) is 12.3. The fourth-order valence-electron chi connectivity index (χ4n) is 4.24. The van der Waals surface area contributed by atoms with Gasteiger partial charge in [0.15, 0.2) is 14.6 Å². The zero-order valence-corrected chi connectivity index (χ0v) is 22.9. The quantitative estimate of drug-likeness (QED) is 0.257. The van der Waals surface area contributed by atoms with Crippen molar-refractivity contribution in [3.63, 3.8) is 0 Å². The zero-order chi connectivity index (χ0) is 29.0. The largest absolute Gasteiger partial charge is 0.379 e. The van der Waals surface area contributed by atoms with Crippen LogP contribution < -0.4 is 5.48 Å². The summed E-state index contributed by atoms with van der Waals surface area (Å²) in [6.07, 6.45) is 0.492. The predicted molar refractivity (Wildman–Crippen MR) is 142 cm³/mol. The molecule has 2 aromatic rings. The second-order valence-electron chi connectivity index (χ2n) is 9.63. The Morgan fingerprint density at radius 3 is 2.38 bits per heavy atom. The monoisotopic (exact) mass is 566 g/mol. The molecule has 2 amide bonds. The van der Waals surface area contributed by atoms with Crippen LogP contribution in [0.25, 0.3) is 11.1 Å². The van der Waals surface area contributed by atoms with Crippen molar-refractivity contribution >= 4 is 34.1 Å². The summed E-state index contributed by atoms with van der Waals surface area (Å²) in [6.45, 7) is 7.55. The molecular formula is C26H32F2N4O6S. The Kier molecular flexibility index (Phi) is 9.54. The van der Waals surface area contributed by atoms with E-state index in [4.69, 9.17) is 9.94 Å². The normalized spacial score (nSPS) is 15.8. The fraction of sp³-hybridized carbons (Fsp3) is 0.423. The van der Waals surface area contributed by atoms with E-state index in [9.17, 15) is 18.0 Å². The van der Waals surface area contributed by atoms with Crippen LogP contribution >= 0.6 is 0 Å². The van der Waals surface area contributed by atoms with Gasteiger partial charge < -0.3 is 9.64 Å². The molecule has 39 heavy (non-hydrogen) atoms. The Labute approximate surface area is 226 Å². The van der Waals surface area contributed by atoms with Crippen LogP contribution in [0.2, 0.25) is 0 Å². The van der Waals surface area contributed by atoms with Gasteiger partial charge in [-0.15, -0.1) is 0 Å². The molecule has 1 heterocycles. The van der Waals surface area contributed by atoms with Crippen LogP contribution in [0.4, 0.5) is 14.5 Å². The highest BCUT2D eigenvalue weighted by atomic mass is 32.2. The first kappa shape index (κ1) is 30.3. The third-order valence-corrected chi connectivity index (χ3v) is 9.02. The number of morpholine rings is 1. The fourth-order valence-corrected chi connectivity index (χ4v) is 5.08. The number of amides is 2. The first-order valence-corrected chi connectivity index (χ1v) is 14.0. The number of hydroxylamine groups is 1. The third-order valence-electron chi connectivity index (χ3n) is 6.99. The molecule has 2 N–H and O–H groups in total. The number of ether oxygens (including phenoxy) is 1. The molecule has 0 radical (unpaired) electrons. The van der Waals surface area contributed by atoms with Gasteiger partial charge >= 0.3 is 0 Å². The number of nitrogens with zero attached hydrogens (tertiary/aromatic N) is 3. The van der Waals surface area contributed by atoms with E-state index in [1.54, 1.807) is 6.07 Å². The molecule has 1 atom stereocenters. The lowest BCUT2D eigenvalue weighted by molar-refractivity contribution is -0.131. The van der Waals surface area contributed by atoms with Crippen LogP contribution in [0.3, 0.4) is 0 Å². The summed E-state index contributed by atoms with van der Waals surface area (Å²) in [4.78, 5) is 32.2. The van der Waals surface area contributed by atoms with E-state index < -0.39 is 38.0 Å². The lowest BCUT2D eigenvalue weighted by atomic mass is 9.98. The average Bonchev–Trinajstić information content (AvgIpc) is 2.90. The molecule has 1 unspecified atom stereocenters. The summed E-state index contributed by atoms with van der Waals surface area (Å²) < 4.78 is 58.0. The smallest absolute Gasteiger partial charge is 0.264 e. The maximum Gasteiger partial charge on any atom is 0.264 e. The van der Waals surface area contributed by atoms with Crippen LogP contribution in [0.5, 0.6) is 0 Å². The number of carbonyl (C=O) groups excluding carboxylic acids is 2. The van der Waals surface area contributed by atoms with Gasteiger partial charge in [0.2, 0.25) is 0 Å². The van der Waals surface area contributed by atoms with Crippen molar-refractivity contribution < 1.29 is 36.7 Å². The van der Waals surface area contributed by atoms with Crippen LogP contribution in [0, 0.1) is 11.6 Å². The first-order chi connectivity index (χ1) is 18.3. The molecule has 0 bridgehead atoms. The van der Waals surface area contributed by atoms with Crippen LogP contribution in [-0.4, -0.2) is 92.9 Å². The molecule has 0 spiro atoms. The Balaban J connectivity index is 1.84. The molecule has 0 aromatic heterocycles. The van der Waals surface area contributed by atoms with E-state index in [0.717, 1.165) is 42.8 Å². The van der Waals surface area contributed by atoms with E-state index >= 15 is 8.78 Å². The summed E-state index contributed by atoms with van der Waals surface area (Å²) in [7, 11) is -2.63. The van der Waals surface area contributed by atoms with Gasteiger partial charge in [0, 0.05) is 50.6 Å². The van der Waals surface area contributed by atoms with Gasteiger partial charge in [-0.2, -0.15) is 0 Å². The van der Waals surface area contributed by atoms with Crippen molar-refractivity contribution in [3.8, 4) is 11.1 Å². The summed E-state index contributed by atoms with van der Waals surface area (Å²) in [5, 5.41) is 8.97. The summed E-state index contributed by atoms with van der Waals surface area (Å²) in [6, 6.07) is 6.68.